The molecule has 6 fully saturated rings. The fraction of sp³-hybridized carbons (Fsp3) is 0.618. The summed E-state index contributed by atoms with van der Waals surface area (Å²) in [6, 6.07) is 3.87. The predicted octanol–water partition coefficient (Wildman–Crippen LogP) is 6.96. The molecule has 0 spiro atoms. The molecule has 0 aromatic carbocycles. The number of anilines is 1. The molecule has 424 valence electrons. The van der Waals surface area contributed by atoms with Crippen molar-refractivity contribution in [3.05, 3.63) is 59.0 Å². The zero-order chi connectivity index (χ0) is 56.3. The van der Waals surface area contributed by atoms with Gasteiger partial charge >= 0.3 is 17.9 Å². The highest BCUT2D eigenvalue weighted by molar-refractivity contribution is 8.07. The van der Waals surface area contributed by atoms with Crippen molar-refractivity contribution < 1.29 is 52.4 Å². The number of nitrogens with zero attached hydrogens (tertiary/aromatic N) is 7. The molecule has 3 aromatic rings. The topological polar surface area (TPSA) is 239 Å². The molecule has 4 aliphatic heterocycles. The van der Waals surface area contributed by atoms with E-state index >= 15 is 0 Å². The highest BCUT2D eigenvalue weighted by atomic mass is 32.2. The third-order valence-corrected chi connectivity index (χ3v) is 23.7. The number of fused-ring (bicyclic) bond motifs is 3. The van der Waals surface area contributed by atoms with Crippen molar-refractivity contribution in [3.8, 4) is 11.3 Å². The van der Waals surface area contributed by atoms with Gasteiger partial charge in [-0.15, -0.1) is 41.4 Å². The van der Waals surface area contributed by atoms with E-state index in [1.54, 1.807) is 24.8 Å². The number of hydrogen-bond acceptors (Lipinski definition) is 21. The maximum Gasteiger partial charge on any atom is 0.356 e. The summed E-state index contributed by atoms with van der Waals surface area (Å²) in [5, 5.41) is 8.28. The van der Waals surface area contributed by atoms with Crippen molar-refractivity contribution in [1.82, 2.24) is 29.5 Å². The number of rotatable bonds is 17. The molecule has 3 N–H and O–H groups in total. The highest BCUT2D eigenvalue weighted by Gasteiger charge is 2.69. The molecule has 19 nitrogen and oxygen atoms in total. The van der Waals surface area contributed by atoms with Crippen LogP contribution in [0.5, 0.6) is 0 Å². The van der Waals surface area contributed by atoms with Crippen LogP contribution in [0.25, 0.3) is 11.3 Å². The minimum Gasteiger partial charge on any atom is -0.461 e. The van der Waals surface area contributed by atoms with Crippen molar-refractivity contribution in [2.75, 3.05) is 30.9 Å². The number of nitrogens with two attached hydrogens (primary N) is 1. The number of thioether (sulfide) groups is 3. The number of nitrogens with one attached hydrogen (secondary N) is 1. The lowest BCUT2D eigenvalue weighted by Gasteiger charge is -2.62. The molecule has 13 atom stereocenters. The Balaban J connectivity index is 0.902. The number of hydrogen-bond donors (Lipinski definition) is 2. The molecule has 6 unspecified atom stereocenters. The lowest BCUT2D eigenvalue weighted by atomic mass is 9.44. The van der Waals surface area contributed by atoms with E-state index in [1.165, 1.54) is 59.5 Å². The normalized spacial score (nSPS) is 33.6. The molecule has 3 aromatic heterocycles. The van der Waals surface area contributed by atoms with Gasteiger partial charge in [-0.1, -0.05) is 50.7 Å². The van der Waals surface area contributed by atoms with Crippen LogP contribution in [0, 0.1) is 34.0 Å². The van der Waals surface area contributed by atoms with E-state index in [0.717, 1.165) is 48.5 Å². The molecule has 79 heavy (non-hydrogen) atoms. The van der Waals surface area contributed by atoms with Crippen LogP contribution in [0.2, 0.25) is 0 Å². The summed E-state index contributed by atoms with van der Waals surface area (Å²) < 4.78 is 26.1. The van der Waals surface area contributed by atoms with Gasteiger partial charge < -0.3 is 35.0 Å². The van der Waals surface area contributed by atoms with Crippen LogP contribution in [0.15, 0.2) is 62.7 Å². The van der Waals surface area contributed by atoms with Gasteiger partial charge in [0.2, 0.25) is 11.5 Å². The Kier molecular flexibility index (Phi) is 16.6. The second-order valence-electron chi connectivity index (χ2n) is 22.8. The van der Waals surface area contributed by atoms with E-state index in [-0.39, 0.29) is 70.5 Å². The van der Waals surface area contributed by atoms with Crippen molar-refractivity contribution >= 4 is 105 Å². The van der Waals surface area contributed by atoms with E-state index < -0.39 is 75.6 Å². The molecule has 7 aliphatic rings. The Morgan fingerprint density at radius 1 is 1.08 bits per heavy atom. The molecule has 10 rings (SSSR count). The SMILES string of the molecule is C=C[C@@]1(C)C[C@H](OC(=O)CSC2CC3CCC(C2)N3C)[C@@]2(C)C(C)CCC3(CCC(=O)C32)[C@H](C)[C@H]1OC(=O)C(C)OC(=O)C1=C(Sc2nc(-c3cc[n+](C)cc3)cs2)CS[C@@H]2[C@H](NC(=O)/C(=N/OCC)c3nsc(N)n3)C(=O)N12. The van der Waals surface area contributed by atoms with Crippen molar-refractivity contribution in [3.63, 3.8) is 0 Å². The number of ether oxygens (including phenoxy) is 3. The van der Waals surface area contributed by atoms with Crippen molar-refractivity contribution in [2.24, 2.45) is 46.2 Å². The average Bonchev–Trinajstić information content (AvgIpc) is 4.12. The van der Waals surface area contributed by atoms with Crippen molar-refractivity contribution in [2.45, 2.75) is 151 Å². The lowest BCUT2D eigenvalue weighted by molar-refractivity contribution is -0.671. The quantitative estimate of drug-likeness (QED) is 0.0264. The first-order valence-corrected chi connectivity index (χ1v) is 31.7. The Hall–Kier alpha value is -4.88. The molecular weight excluding hydrogens is 1110 g/mol. The van der Waals surface area contributed by atoms with Gasteiger partial charge in [-0.3, -0.25) is 24.1 Å². The van der Waals surface area contributed by atoms with Gasteiger partial charge in [-0.2, -0.15) is 9.36 Å². The Morgan fingerprint density at radius 2 is 1.81 bits per heavy atom. The zero-order valence-electron chi connectivity index (χ0n) is 45.8. The number of pyridine rings is 1. The molecule has 7 heterocycles. The summed E-state index contributed by atoms with van der Waals surface area (Å²) in [7, 11) is 4.13. The Labute approximate surface area is 481 Å². The first kappa shape index (κ1) is 57.4. The minimum absolute atomic E-state index is 0.0554. The summed E-state index contributed by atoms with van der Waals surface area (Å²) in [5.41, 5.74) is 4.84. The number of nitrogen functional groups attached to an aromatic ring is 1. The maximum atomic E-state index is 14.9. The second-order valence-corrected chi connectivity index (χ2v) is 28.2. The van der Waals surface area contributed by atoms with E-state index in [2.05, 4.69) is 59.1 Å². The maximum absolute atomic E-state index is 14.9. The largest absolute Gasteiger partial charge is 0.461 e. The highest BCUT2D eigenvalue weighted by Crippen LogP contribution is 2.68. The summed E-state index contributed by atoms with van der Waals surface area (Å²) in [4.78, 5) is 105. The first-order valence-electron chi connectivity index (χ1n) is 27.2. The molecule has 3 aliphatic carbocycles. The van der Waals surface area contributed by atoms with Crippen LogP contribution in [-0.2, 0) is 54.9 Å². The van der Waals surface area contributed by atoms with E-state index in [1.807, 2.05) is 48.4 Å². The van der Waals surface area contributed by atoms with Gasteiger partial charge in [-0.05, 0) is 83.6 Å². The Morgan fingerprint density at radius 3 is 2.49 bits per heavy atom. The van der Waals surface area contributed by atoms with Gasteiger partial charge in [0.25, 0.3) is 11.8 Å². The molecule has 4 bridgehead atoms. The van der Waals surface area contributed by atoms with E-state index in [0.29, 0.717) is 39.4 Å². The molecule has 2 amide bonds. The second kappa shape index (κ2) is 22.8. The number of piperidine rings is 1. The standard InChI is InChI=1S/C55H69N9O10S5/c1-10-53(6)24-38(73-39(66)27-75-34-22-32-12-13-33(23-34)63(32)9)54(7)28(3)14-18-55(19-15-36(65)43(54)55)29(4)44(53)74-49(69)30(5)72-50(70)42-37(78-52-57-35(25-77-52)31-16-20-62(8)21-17-31)26-76-48-41(47(68)64(42)48)58-46(67)40(60-71-11-2)45-59-51(56)79-61-45/h10,16-17,20-21,25,28-30,32-34,38,41,43-44,48H,1,11-15,18-19,22-24,26-27H2,2-9H3,(H2-,56,58,59,61,67)/p+1/b60-40+/t28?,29-,30?,32?,33?,34?,38+,41-,43?,44-,48-,53+,54-,55?/m1/s1. The Bertz CT molecular complexity index is 2960. The number of β-lactam (4-membered cyclic amide) rings is 1. The van der Waals surface area contributed by atoms with Crippen LogP contribution in [0.1, 0.15) is 105 Å². The number of oxime groups is 1. The number of amides is 2. The average molecular weight is 1180 g/mol. The number of carbonyl (C=O) groups is 6. The fourth-order valence-electron chi connectivity index (χ4n) is 13.8. The van der Waals surface area contributed by atoms with Crippen molar-refractivity contribution in [1.29, 1.82) is 0 Å². The molecule has 0 radical (unpaired) electrons. The van der Waals surface area contributed by atoms with Crippen LogP contribution in [0.3, 0.4) is 0 Å². The van der Waals surface area contributed by atoms with Crippen LogP contribution < -0.4 is 15.6 Å². The first-order chi connectivity index (χ1) is 37.7. The van der Waals surface area contributed by atoms with Gasteiger partial charge in [0, 0.05) is 91.7 Å². The number of aryl methyl sites for hydroxylation is 1. The smallest absolute Gasteiger partial charge is 0.356 e. The predicted molar refractivity (Wildman–Crippen MR) is 303 cm³/mol. The van der Waals surface area contributed by atoms with Crippen LogP contribution in [-0.4, -0.2) is 138 Å². The zero-order valence-corrected chi connectivity index (χ0v) is 49.9. The number of aromatic nitrogens is 4. The third kappa shape index (κ3) is 10.7. The van der Waals surface area contributed by atoms with Gasteiger partial charge in [0.1, 0.15) is 48.8 Å². The van der Waals surface area contributed by atoms with Crippen LogP contribution in [0.4, 0.5) is 5.13 Å². The minimum atomic E-state index is -1.48. The number of thiazole rings is 1. The number of ketones is 1. The van der Waals surface area contributed by atoms with Crippen LogP contribution >= 0.6 is 58.2 Å². The molecular formula is C55H70N9O10S5+. The molecule has 24 heteroatoms. The number of carbonyl (C=O) groups excluding carboxylic acids is 6. The van der Waals surface area contributed by atoms with Gasteiger partial charge in [-0.25, -0.2) is 19.1 Å². The van der Waals surface area contributed by atoms with E-state index in [9.17, 15) is 28.8 Å². The summed E-state index contributed by atoms with van der Waals surface area (Å²) in [5.74, 6) is -3.72. The fourth-order valence-corrected chi connectivity index (χ4v) is 18.9. The monoisotopic (exact) mass is 1180 g/mol. The third-order valence-electron chi connectivity index (χ3n) is 18.4. The number of Topliss-reactive ketones (excluding diaryl/α,β-unsaturated/α-hetero) is 1. The molecule has 3 saturated heterocycles. The molecule has 3 saturated carbocycles. The summed E-state index contributed by atoms with van der Waals surface area (Å²) >= 11 is 6.47. The number of esters is 3. The van der Waals surface area contributed by atoms with Gasteiger partial charge in [0.05, 0.1) is 11.4 Å². The summed E-state index contributed by atoms with van der Waals surface area (Å²) in [6.07, 6.45) is 9.79. The lowest BCUT2D eigenvalue weighted by Crippen LogP contribution is -2.71. The van der Waals surface area contributed by atoms with E-state index in [4.69, 9.17) is 29.8 Å². The summed E-state index contributed by atoms with van der Waals surface area (Å²) in [6.45, 7) is 15.9. The van der Waals surface area contributed by atoms with Gasteiger partial charge in [0.15, 0.2) is 28.0 Å².